The molecule has 0 saturated carbocycles. The van der Waals surface area contributed by atoms with Gasteiger partial charge in [0.25, 0.3) is 0 Å². The van der Waals surface area contributed by atoms with Gasteiger partial charge in [0.15, 0.2) is 0 Å². The number of carbonyl (C=O) groups excluding carboxylic acids is 1. The van der Waals surface area contributed by atoms with E-state index in [0.29, 0.717) is 19.6 Å². The Bertz CT molecular complexity index is 841. The summed E-state index contributed by atoms with van der Waals surface area (Å²) in [6.45, 7) is 3.79. The smallest absolute Gasteiger partial charge is 0.388 e. The molecule has 0 aliphatic carbocycles. The van der Waals surface area contributed by atoms with Crippen LogP contribution in [0, 0.1) is 6.92 Å². The molecule has 4 rings (SSSR count). The van der Waals surface area contributed by atoms with Gasteiger partial charge in [0.1, 0.15) is 5.60 Å². The molecule has 2 aliphatic heterocycles. The molecular formula is C22H25N3O3. The van der Waals surface area contributed by atoms with Crippen molar-refractivity contribution < 1.29 is 14.5 Å². The number of carbonyl (C=O) groups is 1. The topological polar surface area (TPSA) is 63.2 Å². The van der Waals surface area contributed by atoms with Gasteiger partial charge in [-0.15, -0.1) is 5.06 Å². The zero-order chi connectivity index (χ0) is 19.4. The van der Waals surface area contributed by atoms with Crippen molar-refractivity contribution in [2.45, 2.75) is 38.3 Å². The Kier molecular flexibility index (Phi) is 5.30. The number of oxime groups is 1. The van der Waals surface area contributed by atoms with E-state index in [1.807, 2.05) is 30.3 Å². The highest BCUT2D eigenvalue weighted by molar-refractivity contribution is 6.01. The van der Waals surface area contributed by atoms with Crippen molar-refractivity contribution in [2.75, 3.05) is 13.1 Å². The van der Waals surface area contributed by atoms with E-state index in [1.165, 1.54) is 5.56 Å². The average Bonchev–Trinajstić information content (AvgIpc) is 3.13. The van der Waals surface area contributed by atoms with Crippen molar-refractivity contribution in [1.29, 1.82) is 0 Å². The van der Waals surface area contributed by atoms with Crippen molar-refractivity contribution in [3.05, 3.63) is 71.3 Å². The van der Waals surface area contributed by atoms with E-state index >= 15 is 0 Å². The Morgan fingerprint density at radius 3 is 2.57 bits per heavy atom. The van der Waals surface area contributed by atoms with Gasteiger partial charge in [-0.05, 0) is 18.1 Å². The second-order valence-electron chi connectivity index (χ2n) is 7.50. The third kappa shape index (κ3) is 4.34. The summed E-state index contributed by atoms with van der Waals surface area (Å²) in [6, 6.07) is 18.1. The predicted octanol–water partition coefficient (Wildman–Crippen LogP) is 3.80. The van der Waals surface area contributed by atoms with Gasteiger partial charge in [-0.25, -0.2) is 4.79 Å². The molecule has 1 amide bonds. The van der Waals surface area contributed by atoms with Crippen LogP contribution in [0.4, 0.5) is 4.79 Å². The molecule has 1 N–H and O–H groups in total. The minimum atomic E-state index is -0.427. The van der Waals surface area contributed by atoms with Crippen molar-refractivity contribution in [3.8, 4) is 0 Å². The number of hydrogen-bond acceptors (Lipinski definition) is 5. The lowest BCUT2D eigenvalue weighted by molar-refractivity contribution is -0.157. The van der Waals surface area contributed by atoms with E-state index in [1.54, 1.807) is 5.06 Å². The monoisotopic (exact) mass is 379 g/mol. The van der Waals surface area contributed by atoms with Gasteiger partial charge in [-0.3, -0.25) is 0 Å². The average molecular weight is 379 g/mol. The molecule has 2 aliphatic rings. The number of amides is 1. The van der Waals surface area contributed by atoms with Crippen LogP contribution in [0.15, 0.2) is 59.8 Å². The first-order valence-electron chi connectivity index (χ1n) is 9.69. The summed E-state index contributed by atoms with van der Waals surface area (Å²) in [4.78, 5) is 23.3. The number of nitrogens with zero attached hydrogens (tertiary/aromatic N) is 2. The molecule has 0 bridgehead atoms. The number of nitrogens with one attached hydrogen (secondary N) is 1. The van der Waals surface area contributed by atoms with Crippen LogP contribution in [0.1, 0.15) is 36.0 Å². The summed E-state index contributed by atoms with van der Waals surface area (Å²) >= 11 is 0. The van der Waals surface area contributed by atoms with Crippen molar-refractivity contribution in [2.24, 2.45) is 5.16 Å². The van der Waals surface area contributed by atoms with Gasteiger partial charge in [0.05, 0.1) is 5.71 Å². The third-order valence-corrected chi connectivity index (χ3v) is 5.35. The highest BCUT2D eigenvalue weighted by Gasteiger charge is 2.43. The summed E-state index contributed by atoms with van der Waals surface area (Å²) in [5, 5.41) is 8.83. The molecular weight excluding hydrogens is 354 g/mol. The summed E-state index contributed by atoms with van der Waals surface area (Å²) in [7, 11) is 0. The maximum Gasteiger partial charge on any atom is 0.426 e. The van der Waals surface area contributed by atoms with E-state index in [2.05, 4.69) is 41.7 Å². The molecule has 1 fully saturated rings. The Morgan fingerprint density at radius 2 is 1.86 bits per heavy atom. The fraction of sp³-hybridized carbons (Fsp3) is 0.364. The van der Waals surface area contributed by atoms with Crippen molar-refractivity contribution >= 4 is 11.8 Å². The van der Waals surface area contributed by atoms with Crippen LogP contribution in [0.3, 0.4) is 0 Å². The molecule has 28 heavy (non-hydrogen) atoms. The molecule has 0 unspecified atom stereocenters. The lowest BCUT2D eigenvalue weighted by Crippen LogP contribution is -2.46. The molecule has 2 heterocycles. The second-order valence-corrected chi connectivity index (χ2v) is 7.50. The third-order valence-electron chi connectivity index (χ3n) is 5.35. The van der Waals surface area contributed by atoms with E-state index < -0.39 is 6.09 Å². The first kappa shape index (κ1) is 18.5. The van der Waals surface area contributed by atoms with Gasteiger partial charge in [-0.2, -0.15) is 0 Å². The molecule has 1 spiro atoms. The zero-order valence-electron chi connectivity index (χ0n) is 16.1. The van der Waals surface area contributed by atoms with Crippen LogP contribution in [0.25, 0.3) is 0 Å². The van der Waals surface area contributed by atoms with Gasteiger partial charge in [0.2, 0.25) is 0 Å². The number of aryl methyl sites for hydroxylation is 1. The zero-order valence-corrected chi connectivity index (χ0v) is 16.1. The summed E-state index contributed by atoms with van der Waals surface area (Å²) in [6.07, 6.45) is 1.92. The number of rotatable bonds is 4. The molecule has 0 aromatic heterocycles. The van der Waals surface area contributed by atoms with Gasteiger partial charge < -0.3 is 15.0 Å². The minimum absolute atomic E-state index is 0.277. The summed E-state index contributed by atoms with van der Waals surface area (Å²) < 4.78 is 0. The molecule has 0 radical (unpaired) electrons. The lowest BCUT2D eigenvalue weighted by Gasteiger charge is -2.35. The summed E-state index contributed by atoms with van der Waals surface area (Å²) in [5.74, 6) is 0. The van der Waals surface area contributed by atoms with Crippen LogP contribution in [0.2, 0.25) is 0 Å². The molecule has 1 saturated heterocycles. The number of piperidine rings is 1. The standard InChI is InChI=1S/C22H25N3O3/c1-17-7-9-19(10-8-17)20-15-22(28-24-20)11-13-25(14-12-22)27-21(26)23-16-18-5-3-2-4-6-18/h2-10H,11-16H2,1H3,(H,23,26). The van der Waals surface area contributed by atoms with E-state index in [0.717, 1.165) is 36.1 Å². The SMILES string of the molecule is Cc1ccc(C2=NOC3(CCN(OC(=O)NCc4ccccc4)CC3)C2)cc1. The predicted molar refractivity (Wildman–Crippen MR) is 107 cm³/mol. The Labute approximate surface area is 165 Å². The van der Waals surface area contributed by atoms with E-state index in [-0.39, 0.29) is 5.60 Å². The van der Waals surface area contributed by atoms with Crippen molar-refractivity contribution in [1.82, 2.24) is 10.4 Å². The molecule has 2 aromatic rings. The van der Waals surface area contributed by atoms with Gasteiger partial charge in [-0.1, -0.05) is 65.3 Å². The fourth-order valence-corrected chi connectivity index (χ4v) is 3.60. The number of hydroxylamine groups is 2. The highest BCUT2D eigenvalue weighted by atomic mass is 16.7. The van der Waals surface area contributed by atoms with Crippen LogP contribution < -0.4 is 5.32 Å². The Balaban J connectivity index is 1.24. The number of benzene rings is 2. The maximum atomic E-state index is 12.0. The quantitative estimate of drug-likeness (QED) is 0.878. The van der Waals surface area contributed by atoms with Gasteiger partial charge >= 0.3 is 6.09 Å². The number of hydrogen-bond donors (Lipinski definition) is 1. The first-order chi connectivity index (χ1) is 13.6. The minimum Gasteiger partial charge on any atom is -0.388 e. The molecule has 146 valence electrons. The second kappa shape index (κ2) is 8.02. The first-order valence-corrected chi connectivity index (χ1v) is 9.69. The highest BCUT2D eigenvalue weighted by Crippen LogP contribution is 2.36. The van der Waals surface area contributed by atoms with Crippen LogP contribution in [-0.2, 0) is 16.2 Å². The van der Waals surface area contributed by atoms with E-state index in [4.69, 9.17) is 9.68 Å². The van der Waals surface area contributed by atoms with Crippen LogP contribution in [0.5, 0.6) is 0 Å². The molecule has 0 atom stereocenters. The normalized spacial score (nSPS) is 18.4. The van der Waals surface area contributed by atoms with Gasteiger partial charge in [0, 0.05) is 38.9 Å². The summed E-state index contributed by atoms with van der Waals surface area (Å²) in [5.41, 5.74) is 4.10. The van der Waals surface area contributed by atoms with Crippen LogP contribution in [-0.4, -0.2) is 35.6 Å². The molecule has 2 aromatic carbocycles. The maximum absolute atomic E-state index is 12.0. The molecule has 6 heteroatoms. The van der Waals surface area contributed by atoms with E-state index in [9.17, 15) is 4.79 Å². The van der Waals surface area contributed by atoms with Crippen LogP contribution >= 0.6 is 0 Å². The Morgan fingerprint density at radius 1 is 1.14 bits per heavy atom. The fourth-order valence-electron chi connectivity index (χ4n) is 3.60. The molecule has 6 nitrogen and oxygen atoms in total. The largest absolute Gasteiger partial charge is 0.426 e. The van der Waals surface area contributed by atoms with Crippen molar-refractivity contribution in [3.63, 3.8) is 0 Å². The lowest BCUT2D eigenvalue weighted by atomic mass is 9.86. The Hall–Kier alpha value is -2.86.